The molecule has 1 aromatic carbocycles. The molecule has 122 valence electrons. The number of hydrogen-bond donors (Lipinski definition) is 3. The molecule has 0 spiro atoms. The van der Waals surface area contributed by atoms with Crippen LogP contribution in [0.3, 0.4) is 0 Å². The number of ether oxygens (including phenoxy) is 1. The molecule has 0 radical (unpaired) electrons. The Hall–Kier alpha value is -1.66. The second-order valence-corrected chi connectivity index (χ2v) is 5.29. The van der Waals surface area contributed by atoms with Gasteiger partial charge in [-0.3, -0.25) is 0 Å². The number of esters is 1. The van der Waals surface area contributed by atoms with E-state index >= 15 is 0 Å². The Balaban J connectivity index is 2.40. The summed E-state index contributed by atoms with van der Waals surface area (Å²) in [5.41, 5.74) is 1.39. The summed E-state index contributed by atoms with van der Waals surface area (Å²) >= 11 is 5.26. The second-order valence-electron chi connectivity index (χ2n) is 4.89. The first-order valence-electron chi connectivity index (χ1n) is 7.76. The number of carbonyl (C=O) groups is 1. The maximum absolute atomic E-state index is 11.6. The molecular formula is C16H26N3O2S+. The molecule has 6 heteroatoms. The lowest BCUT2D eigenvalue weighted by Crippen LogP contribution is -3.12. The Morgan fingerprint density at radius 2 is 1.82 bits per heavy atom. The fraction of sp³-hybridized carbons (Fsp3) is 0.500. The van der Waals surface area contributed by atoms with Gasteiger partial charge in [0.25, 0.3) is 0 Å². The van der Waals surface area contributed by atoms with Gasteiger partial charge in [-0.1, -0.05) is 0 Å². The fourth-order valence-electron chi connectivity index (χ4n) is 2.04. The topological polar surface area (TPSA) is 54.8 Å². The molecule has 0 saturated carbocycles. The standard InChI is InChI=1S/C16H25N3O2S/c1-4-19(5-2)12-11-17-16(22)18-14-9-7-13(8-10-14)15(20)21-6-3/h7-10H,4-6,11-12H2,1-3H3,(H2,17,18,22)/p+1. The molecule has 5 nitrogen and oxygen atoms in total. The molecule has 0 aliphatic heterocycles. The largest absolute Gasteiger partial charge is 0.462 e. The Kier molecular flexibility index (Phi) is 8.47. The molecule has 0 fully saturated rings. The molecule has 0 aromatic heterocycles. The monoisotopic (exact) mass is 324 g/mol. The maximum atomic E-state index is 11.6. The molecule has 0 saturated heterocycles. The fourth-order valence-corrected chi connectivity index (χ4v) is 2.26. The van der Waals surface area contributed by atoms with E-state index in [0.29, 0.717) is 17.3 Å². The van der Waals surface area contributed by atoms with Crippen molar-refractivity contribution in [3.8, 4) is 0 Å². The molecule has 22 heavy (non-hydrogen) atoms. The van der Waals surface area contributed by atoms with E-state index in [0.717, 1.165) is 31.9 Å². The second kappa shape index (κ2) is 10.1. The summed E-state index contributed by atoms with van der Waals surface area (Å²) < 4.78 is 4.95. The highest BCUT2D eigenvalue weighted by atomic mass is 32.1. The van der Waals surface area contributed by atoms with Gasteiger partial charge in [0, 0.05) is 5.69 Å². The van der Waals surface area contributed by atoms with Crippen LogP contribution in [0.2, 0.25) is 0 Å². The zero-order chi connectivity index (χ0) is 16.4. The van der Waals surface area contributed by atoms with Crippen LogP contribution in [0.15, 0.2) is 24.3 Å². The Morgan fingerprint density at radius 3 is 2.36 bits per heavy atom. The van der Waals surface area contributed by atoms with E-state index in [1.807, 2.05) is 12.1 Å². The Bertz CT molecular complexity index is 473. The highest BCUT2D eigenvalue weighted by Gasteiger charge is 2.06. The average Bonchev–Trinajstić information content (AvgIpc) is 2.52. The number of likely N-dealkylation sites (N-methyl/N-ethyl adjacent to an activating group) is 1. The lowest BCUT2D eigenvalue weighted by Gasteiger charge is -2.16. The number of carbonyl (C=O) groups excluding carboxylic acids is 1. The first kappa shape index (κ1) is 18.4. The highest BCUT2D eigenvalue weighted by molar-refractivity contribution is 7.80. The molecule has 0 atom stereocenters. The van der Waals surface area contributed by atoms with Crippen molar-refractivity contribution in [3.63, 3.8) is 0 Å². The van der Waals surface area contributed by atoms with E-state index in [4.69, 9.17) is 17.0 Å². The van der Waals surface area contributed by atoms with Gasteiger partial charge in [-0.05, 0) is 57.3 Å². The van der Waals surface area contributed by atoms with Crippen LogP contribution in [-0.2, 0) is 4.74 Å². The van der Waals surface area contributed by atoms with E-state index in [1.54, 1.807) is 19.1 Å². The van der Waals surface area contributed by atoms with Crippen LogP contribution < -0.4 is 15.5 Å². The van der Waals surface area contributed by atoms with Gasteiger partial charge in [0.1, 0.15) is 0 Å². The predicted octanol–water partition coefficient (Wildman–Crippen LogP) is 1.07. The number of rotatable bonds is 8. The first-order chi connectivity index (χ1) is 10.6. The van der Waals surface area contributed by atoms with Crippen molar-refractivity contribution in [2.75, 3.05) is 38.1 Å². The summed E-state index contributed by atoms with van der Waals surface area (Å²) in [6.07, 6.45) is 0. The predicted molar refractivity (Wildman–Crippen MR) is 93.5 cm³/mol. The van der Waals surface area contributed by atoms with Crippen LogP contribution in [0.25, 0.3) is 0 Å². The normalized spacial score (nSPS) is 10.4. The summed E-state index contributed by atoms with van der Waals surface area (Å²) in [5.74, 6) is -0.308. The zero-order valence-electron chi connectivity index (χ0n) is 13.6. The van der Waals surface area contributed by atoms with Crippen LogP contribution in [0.1, 0.15) is 31.1 Å². The van der Waals surface area contributed by atoms with Gasteiger partial charge in [0.05, 0.1) is 38.3 Å². The minimum atomic E-state index is -0.308. The van der Waals surface area contributed by atoms with Gasteiger partial charge in [-0.2, -0.15) is 0 Å². The molecule has 0 aliphatic carbocycles. The molecule has 1 rings (SSSR count). The molecule has 0 amide bonds. The highest BCUT2D eigenvalue weighted by Crippen LogP contribution is 2.10. The van der Waals surface area contributed by atoms with Gasteiger partial charge >= 0.3 is 5.97 Å². The SMILES string of the molecule is CCOC(=O)c1ccc(NC(=S)NCC[NH+](CC)CC)cc1. The third kappa shape index (κ3) is 6.41. The third-order valence-electron chi connectivity index (χ3n) is 3.42. The van der Waals surface area contributed by atoms with Gasteiger partial charge in [0.15, 0.2) is 5.11 Å². The first-order valence-corrected chi connectivity index (χ1v) is 8.17. The van der Waals surface area contributed by atoms with Crippen LogP contribution in [0.5, 0.6) is 0 Å². The van der Waals surface area contributed by atoms with Crippen LogP contribution in [-0.4, -0.2) is 43.9 Å². The lowest BCUT2D eigenvalue weighted by molar-refractivity contribution is -0.895. The number of thiocarbonyl (C=S) groups is 1. The van der Waals surface area contributed by atoms with Crippen molar-refractivity contribution >= 4 is 29.0 Å². The summed E-state index contributed by atoms with van der Waals surface area (Å²) in [6.45, 7) is 10.6. The quantitative estimate of drug-likeness (QED) is 0.493. The molecule has 0 bridgehead atoms. The van der Waals surface area contributed by atoms with Crippen LogP contribution in [0.4, 0.5) is 5.69 Å². The number of quaternary nitrogens is 1. The Labute approximate surface area is 138 Å². The molecule has 0 heterocycles. The lowest BCUT2D eigenvalue weighted by atomic mass is 10.2. The van der Waals surface area contributed by atoms with Crippen molar-refractivity contribution in [2.24, 2.45) is 0 Å². The van der Waals surface area contributed by atoms with Crippen molar-refractivity contribution in [1.29, 1.82) is 0 Å². The molecule has 3 N–H and O–H groups in total. The van der Waals surface area contributed by atoms with Crippen LogP contribution >= 0.6 is 12.2 Å². The minimum absolute atomic E-state index is 0.308. The van der Waals surface area contributed by atoms with Crippen molar-refractivity contribution in [1.82, 2.24) is 5.32 Å². The van der Waals surface area contributed by atoms with Crippen molar-refractivity contribution in [2.45, 2.75) is 20.8 Å². The zero-order valence-corrected chi connectivity index (χ0v) is 14.4. The summed E-state index contributed by atoms with van der Waals surface area (Å²) in [7, 11) is 0. The van der Waals surface area contributed by atoms with Crippen molar-refractivity contribution < 1.29 is 14.4 Å². The summed E-state index contributed by atoms with van der Waals surface area (Å²) in [4.78, 5) is 13.1. The number of hydrogen-bond acceptors (Lipinski definition) is 3. The van der Waals surface area contributed by atoms with E-state index in [2.05, 4.69) is 24.5 Å². The van der Waals surface area contributed by atoms with E-state index in [9.17, 15) is 4.79 Å². The molecule has 1 aromatic rings. The van der Waals surface area contributed by atoms with Gasteiger partial charge in [-0.25, -0.2) is 4.79 Å². The van der Waals surface area contributed by atoms with E-state index < -0.39 is 0 Å². The molecular weight excluding hydrogens is 298 g/mol. The third-order valence-corrected chi connectivity index (χ3v) is 3.66. The molecule has 0 aliphatic rings. The summed E-state index contributed by atoms with van der Waals surface area (Å²) in [6, 6.07) is 7.08. The molecule has 0 unspecified atom stereocenters. The number of anilines is 1. The van der Waals surface area contributed by atoms with E-state index in [1.165, 1.54) is 4.90 Å². The maximum Gasteiger partial charge on any atom is 0.338 e. The van der Waals surface area contributed by atoms with Gasteiger partial charge in [0.2, 0.25) is 0 Å². The Morgan fingerprint density at radius 1 is 1.18 bits per heavy atom. The average molecular weight is 324 g/mol. The minimum Gasteiger partial charge on any atom is -0.462 e. The smallest absolute Gasteiger partial charge is 0.338 e. The van der Waals surface area contributed by atoms with Crippen LogP contribution in [0, 0.1) is 0 Å². The van der Waals surface area contributed by atoms with Gasteiger partial charge < -0.3 is 20.3 Å². The summed E-state index contributed by atoms with van der Waals surface area (Å²) in [5, 5.41) is 6.90. The van der Waals surface area contributed by atoms with Crippen molar-refractivity contribution in [3.05, 3.63) is 29.8 Å². The number of nitrogens with one attached hydrogen (secondary N) is 3. The van der Waals surface area contributed by atoms with Gasteiger partial charge in [-0.15, -0.1) is 0 Å². The van der Waals surface area contributed by atoms with E-state index in [-0.39, 0.29) is 5.97 Å². The number of benzene rings is 1.